The van der Waals surface area contributed by atoms with Crippen molar-refractivity contribution >= 4 is 5.97 Å². The Morgan fingerprint density at radius 1 is 1.26 bits per heavy atom. The fourth-order valence-electron chi connectivity index (χ4n) is 3.13. The molecule has 2 unspecified atom stereocenters. The second kappa shape index (κ2) is 7.22. The highest BCUT2D eigenvalue weighted by atomic mass is 16.6. The number of carbonyl (C=O) groups excluding carboxylic acids is 1. The number of fused-ring (bicyclic) bond motifs is 2. The summed E-state index contributed by atoms with van der Waals surface area (Å²) in [6.07, 6.45) is 3.93. The number of esters is 1. The van der Waals surface area contributed by atoms with E-state index in [1.807, 2.05) is 0 Å². The first-order chi connectivity index (χ1) is 9.20. The molecule has 2 bridgehead atoms. The second-order valence-electron chi connectivity index (χ2n) is 5.50. The Balaban J connectivity index is 1.63. The van der Waals surface area contributed by atoms with E-state index in [1.54, 1.807) is 6.92 Å². The maximum atomic E-state index is 11.1. The van der Waals surface area contributed by atoms with Crippen molar-refractivity contribution in [3.63, 3.8) is 0 Å². The summed E-state index contributed by atoms with van der Waals surface area (Å²) in [6.45, 7) is 6.11. The predicted molar refractivity (Wildman–Crippen MR) is 73.1 cm³/mol. The molecule has 0 aromatic carbocycles. The lowest BCUT2D eigenvalue weighted by atomic mass is 10.1. The number of hydrogen-bond acceptors (Lipinski definition) is 5. The lowest BCUT2D eigenvalue weighted by molar-refractivity contribution is -0.148. The summed E-state index contributed by atoms with van der Waals surface area (Å²) >= 11 is 0. The number of ether oxygens (including phenoxy) is 2. The van der Waals surface area contributed by atoms with Crippen molar-refractivity contribution in [2.75, 3.05) is 46.5 Å². The number of hydrogen-bond donors (Lipinski definition) is 0. The van der Waals surface area contributed by atoms with Crippen LogP contribution in [-0.4, -0.2) is 74.4 Å². The van der Waals surface area contributed by atoms with Crippen LogP contribution in [0.3, 0.4) is 0 Å². The van der Waals surface area contributed by atoms with Crippen molar-refractivity contribution in [1.29, 1.82) is 0 Å². The Morgan fingerprint density at radius 3 is 2.84 bits per heavy atom. The molecule has 2 rings (SSSR count). The lowest BCUT2D eigenvalue weighted by Gasteiger charge is -2.25. The van der Waals surface area contributed by atoms with Gasteiger partial charge in [0.25, 0.3) is 0 Å². The van der Waals surface area contributed by atoms with Gasteiger partial charge in [-0.2, -0.15) is 0 Å². The topological polar surface area (TPSA) is 42.0 Å². The Morgan fingerprint density at radius 2 is 2.05 bits per heavy atom. The smallest absolute Gasteiger partial charge is 0.332 e. The highest BCUT2D eigenvalue weighted by Gasteiger charge is 2.34. The third kappa shape index (κ3) is 4.16. The summed E-state index contributed by atoms with van der Waals surface area (Å²) in [6, 6.07) is 1.48. The molecule has 2 aliphatic heterocycles. The van der Waals surface area contributed by atoms with Crippen LogP contribution in [0, 0.1) is 0 Å². The molecule has 0 radical (unpaired) electrons. The van der Waals surface area contributed by atoms with Gasteiger partial charge in [0.15, 0.2) is 0 Å². The van der Waals surface area contributed by atoms with Crippen LogP contribution in [0.1, 0.15) is 26.2 Å². The van der Waals surface area contributed by atoms with Crippen molar-refractivity contribution in [1.82, 2.24) is 9.80 Å². The first kappa shape index (κ1) is 14.8. The monoisotopic (exact) mass is 270 g/mol. The molecule has 0 aromatic heterocycles. The van der Waals surface area contributed by atoms with Crippen molar-refractivity contribution in [2.24, 2.45) is 0 Å². The second-order valence-corrected chi connectivity index (χ2v) is 5.50. The molecule has 0 N–H and O–H groups in total. The Labute approximate surface area is 115 Å². The van der Waals surface area contributed by atoms with Crippen molar-refractivity contribution in [3.8, 4) is 0 Å². The van der Waals surface area contributed by atoms with Crippen LogP contribution in [0.15, 0.2) is 0 Å². The van der Waals surface area contributed by atoms with Gasteiger partial charge in [-0.15, -0.1) is 0 Å². The largest absolute Gasteiger partial charge is 0.464 e. The summed E-state index contributed by atoms with van der Waals surface area (Å²) in [4.78, 5) is 16.1. The molecule has 0 amide bonds. The zero-order valence-corrected chi connectivity index (χ0v) is 12.1. The van der Waals surface area contributed by atoms with E-state index >= 15 is 0 Å². The molecule has 19 heavy (non-hydrogen) atoms. The van der Waals surface area contributed by atoms with Gasteiger partial charge in [-0.1, -0.05) is 0 Å². The maximum absolute atomic E-state index is 11.1. The molecule has 2 atom stereocenters. The van der Waals surface area contributed by atoms with Crippen molar-refractivity contribution in [2.45, 2.75) is 38.3 Å². The van der Waals surface area contributed by atoms with Gasteiger partial charge < -0.3 is 9.47 Å². The zero-order chi connectivity index (χ0) is 13.7. The maximum Gasteiger partial charge on any atom is 0.332 e. The molecule has 5 nitrogen and oxygen atoms in total. The number of rotatable bonds is 6. The molecule has 0 spiro atoms. The van der Waals surface area contributed by atoms with E-state index in [0.29, 0.717) is 19.3 Å². The van der Waals surface area contributed by atoms with Crippen LogP contribution in [0.4, 0.5) is 0 Å². The van der Waals surface area contributed by atoms with Gasteiger partial charge in [0.2, 0.25) is 0 Å². The summed E-state index contributed by atoms with van der Waals surface area (Å²) in [5.41, 5.74) is 0. The molecular formula is C14H26N2O3. The fourth-order valence-corrected chi connectivity index (χ4v) is 3.13. The molecule has 2 saturated heterocycles. The van der Waals surface area contributed by atoms with Gasteiger partial charge in [-0.05, 0) is 39.8 Å². The number of nitrogens with zero attached hydrogens (tertiary/aromatic N) is 2. The predicted octanol–water partition coefficient (Wildman–Crippen LogP) is 0.735. The van der Waals surface area contributed by atoms with E-state index in [2.05, 4.69) is 16.8 Å². The first-order valence-corrected chi connectivity index (χ1v) is 7.38. The third-order valence-corrected chi connectivity index (χ3v) is 4.31. The van der Waals surface area contributed by atoms with Gasteiger partial charge in [0, 0.05) is 25.2 Å². The van der Waals surface area contributed by atoms with E-state index in [-0.39, 0.29) is 12.6 Å². The summed E-state index contributed by atoms with van der Waals surface area (Å²) in [5, 5.41) is 0. The summed E-state index contributed by atoms with van der Waals surface area (Å²) < 4.78 is 10.2. The van der Waals surface area contributed by atoms with Gasteiger partial charge >= 0.3 is 5.97 Å². The molecule has 110 valence electrons. The first-order valence-electron chi connectivity index (χ1n) is 7.38. The van der Waals surface area contributed by atoms with Crippen LogP contribution in [-0.2, 0) is 14.3 Å². The number of likely N-dealkylation sites (tertiary alicyclic amines) is 1. The highest BCUT2D eigenvalue weighted by molar-refractivity contribution is 5.70. The SMILES string of the molecule is CCOC(=O)COCCN1CCC2CCC(C1)N2C. The fraction of sp³-hybridized carbons (Fsp3) is 0.929. The highest BCUT2D eigenvalue weighted by Crippen LogP contribution is 2.28. The minimum atomic E-state index is -0.267. The van der Waals surface area contributed by atoms with Gasteiger partial charge in [-0.3, -0.25) is 9.80 Å². The van der Waals surface area contributed by atoms with Gasteiger partial charge in [-0.25, -0.2) is 4.79 Å². The van der Waals surface area contributed by atoms with Crippen LogP contribution >= 0.6 is 0 Å². The van der Waals surface area contributed by atoms with E-state index in [0.717, 1.165) is 25.7 Å². The molecule has 2 heterocycles. The van der Waals surface area contributed by atoms with Crippen LogP contribution in [0.5, 0.6) is 0 Å². The van der Waals surface area contributed by atoms with E-state index in [9.17, 15) is 4.79 Å². The molecule has 0 saturated carbocycles. The quantitative estimate of drug-likeness (QED) is 0.526. The van der Waals surface area contributed by atoms with E-state index in [1.165, 1.54) is 19.3 Å². The summed E-state index contributed by atoms with van der Waals surface area (Å²) in [5.74, 6) is -0.267. The normalized spacial score (nSPS) is 28.3. The Hall–Kier alpha value is -0.650. The van der Waals surface area contributed by atoms with Gasteiger partial charge in [0.1, 0.15) is 6.61 Å². The zero-order valence-electron chi connectivity index (χ0n) is 12.1. The minimum Gasteiger partial charge on any atom is -0.464 e. The minimum absolute atomic E-state index is 0.0770. The molecular weight excluding hydrogens is 244 g/mol. The molecule has 5 heteroatoms. The lowest BCUT2D eigenvalue weighted by Crippen LogP contribution is -2.38. The third-order valence-electron chi connectivity index (χ3n) is 4.31. The Kier molecular flexibility index (Phi) is 5.60. The van der Waals surface area contributed by atoms with E-state index in [4.69, 9.17) is 9.47 Å². The molecule has 2 aliphatic rings. The molecule has 0 aliphatic carbocycles. The van der Waals surface area contributed by atoms with Gasteiger partial charge in [0.05, 0.1) is 13.2 Å². The van der Waals surface area contributed by atoms with Crippen LogP contribution < -0.4 is 0 Å². The summed E-state index contributed by atoms with van der Waals surface area (Å²) in [7, 11) is 2.25. The average Bonchev–Trinajstić information content (AvgIpc) is 2.62. The average molecular weight is 270 g/mol. The van der Waals surface area contributed by atoms with Crippen LogP contribution in [0.25, 0.3) is 0 Å². The van der Waals surface area contributed by atoms with Crippen molar-refractivity contribution in [3.05, 3.63) is 0 Å². The van der Waals surface area contributed by atoms with Crippen LogP contribution in [0.2, 0.25) is 0 Å². The van der Waals surface area contributed by atoms with Crippen molar-refractivity contribution < 1.29 is 14.3 Å². The van der Waals surface area contributed by atoms with E-state index < -0.39 is 0 Å². The molecule has 0 aromatic rings. The molecule has 2 fully saturated rings. The number of likely N-dealkylation sites (N-methyl/N-ethyl adjacent to an activating group) is 1. The Bertz CT molecular complexity index is 298. The standard InChI is InChI=1S/C14H26N2O3/c1-3-19-14(17)11-18-9-8-16-7-6-12-4-5-13(10-16)15(12)2/h12-13H,3-11H2,1-2H3. The number of carbonyl (C=O) groups is 1.